The monoisotopic (exact) mass is 453 g/mol. The first-order valence-corrected chi connectivity index (χ1v) is 11.8. The molecule has 0 radical (unpaired) electrons. The lowest BCUT2D eigenvalue weighted by Gasteiger charge is -2.23. The zero-order valence-corrected chi connectivity index (χ0v) is 20.9. The highest BCUT2D eigenvalue weighted by molar-refractivity contribution is 7.80. The SMILES string of the molecule is CC.CCCNC(=S)Nc1ccc(CCNCCN(CCN(C)CC)CC(=O)O)cc1. The van der Waals surface area contributed by atoms with Gasteiger partial charge in [-0.25, -0.2) is 0 Å². The quantitative estimate of drug-likeness (QED) is 0.238. The number of nitrogens with zero attached hydrogens (tertiary/aromatic N) is 2. The molecule has 0 spiro atoms. The maximum absolute atomic E-state index is 11.1. The van der Waals surface area contributed by atoms with Crippen LogP contribution in [0.1, 0.15) is 39.7 Å². The maximum atomic E-state index is 11.1. The number of hydrogen-bond acceptors (Lipinski definition) is 5. The Morgan fingerprint density at radius 3 is 2.29 bits per heavy atom. The molecular weight excluding hydrogens is 410 g/mol. The van der Waals surface area contributed by atoms with Crippen molar-refractivity contribution in [3.8, 4) is 0 Å². The molecule has 4 N–H and O–H groups in total. The Balaban J connectivity index is 0.00000436. The number of likely N-dealkylation sites (N-methyl/N-ethyl adjacent to an activating group) is 1. The number of thiocarbonyl (C=S) groups is 1. The summed E-state index contributed by atoms with van der Waals surface area (Å²) in [5.41, 5.74) is 2.24. The van der Waals surface area contributed by atoms with E-state index in [4.69, 9.17) is 17.3 Å². The number of carbonyl (C=O) groups is 1. The number of carboxylic acid groups (broad SMARTS) is 1. The maximum Gasteiger partial charge on any atom is 0.317 e. The van der Waals surface area contributed by atoms with Gasteiger partial charge >= 0.3 is 5.97 Å². The second-order valence-corrected chi connectivity index (χ2v) is 7.55. The van der Waals surface area contributed by atoms with Gasteiger partial charge in [0.2, 0.25) is 0 Å². The van der Waals surface area contributed by atoms with Gasteiger partial charge in [-0.2, -0.15) is 0 Å². The van der Waals surface area contributed by atoms with E-state index in [0.717, 1.165) is 64.3 Å². The minimum absolute atomic E-state index is 0.0860. The molecule has 0 fully saturated rings. The molecule has 0 bridgehead atoms. The predicted molar refractivity (Wildman–Crippen MR) is 136 cm³/mol. The smallest absolute Gasteiger partial charge is 0.317 e. The molecule has 0 aliphatic carbocycles. The zero-order chi connectivity index (χ0) is 23.5. The molecule has 0 heterocycles. The molecule has 178 valence electrons. The molecule has 31 heavy (non-hydrogen) atoms. The Morgan fingerprint density at radius 2 is 1.71 bits per heavy atom. The number of aliphatic carboxylic acids is 1. The molecule has 1 aromatic rings. The van der Waals surface area contributed by atoms with E-state index in [-0.39, 0.29) is 6.54 Å². The molecule has 0 unspecified atom stereocenters. The van der Waals surface area contributed by atoms with Crippen molar-refractivity contribution in [3.63, 3.8) is 0 Å². The van der Waals surface area contributed by atoms with Crippen LogP contribution in [-0.2, 0) is 11.2 Å². The largest absolute Gasteiger partial charge is 0.480 e. The molecular formula is C23H43N5O2S. The lowest BCUT2D eigenvalue weighted by Crippen LogP contribution is -2.40. The van der Waals surface area contributed by atoms with Gasteiger partial charge in [-0.3, -0.25) is 9.69 Å². The van der Waals surface area contributed by atoms with Crippen LogP contribution in [-0.4, -0.2) is 85.4 Å². The third-order valence-corrected chi connectivity index (χ3v) is 4.89. The molecule has 0 aliphatic heterocycles. The highest BCUT2D eigenvalue weighted by Crippen LogP contribution is 2.09. The van der Waals surface area contributed by atoms with Crippen LogP contribution in [0.2, 0.25) is 0 Å². The molecule has 0 saturated heterocycles. The first-order valence-electron chi connectivity index (χ1n) is 11.4. The van der Waals surface area contributed by atoms with Gasteiger partial charge in [0, 0.05) is 38.4 Å². The van der Waals surface area contributed by atoms with E-state index in [1.54, 1.807) is 0 Å². The van der Waals surface area contributed by atoms with Gasteiger partial charge in [-0.15, -0.1) is 0 Å². The minimum atomic E-state index is -0.776. The van der Waals surface area contributed by atoms with Crippen LogP contribution in [0.15, 0.2) is 24.3 Å². The van der Waals surface area contributed by atoms with Gasteiger partial charge in [-0.05, 0) is 62.9 Å². The molecule has 7 nitrogen and oxygen atoms in total. The molecule has 1 aromatic carbocycles. The zero-order valence-electron chi connectivity index (χ0n) is 20.0. The summed E-state index contributed by atoms with van der Waals surface area (Å²) in [6.45, 7) is 14.1. The van der Waals surface area contributed by atoms with Crippen molar-refractivity contribution >= 4 is 29.0 Å². The standard InChI is InChI=1S/C21H37N5O2S.C2H6/c1-4-11-23-21(29)24-19-8-6-18(7-9-19)10-12-22-13-14-26(17-20(27)28)16-15-25(3)5-2;1-2/h6-9,22H,4-5,10-17H2,1-3H3,(H,27,28)(H2,23,24,29);1-2H3. The van der Waals surface area contributed by atoms with E-state index in [9.17, 15) is 4.79 Å². The van der Waals surface area contributed by atoms with Crippen LogP contribution in [0.4, 0.5) is 5.69 Å². The average molecular weight is 454 g/mol. The van der Waals surface area contributed by atoms with Gasteiger partial charge in [0.1, 0.15) is 0 Å². The van der Waals surface area contributed by atoms with Gasteiger partial charge in [0.15, 0.2) is 5.11 Å². The van der Waals surface area contributed by atoms with Crippen molar-refractivity contribution in [2.45, 2.75) is 40.5 Å². The van der Waals surface area contributed by atoms with Crippen LogP contribution in [0.5, 0.6) is 0 Å². The number of carboxylic acids is 1. The van der Waals surface area contributed by atoms with Crippen LogP contribution in [0, 0.1) is 0 Å². The number of benzene rings is 1. The van der Waals surface area contributed by atoms with E-state index in [1.807, 2.05) is 37.9 Å². The molecule has 0 atom stereocenters. The summed E-state index contributed by atoms with van der Waals surface area (Å²) in [6.07, 6.45) is 1.97. The average Bonchev–Trinajstić information content (AvgIpc) is 2.77. The fourth-order valence-corrected chi connectivity index (χ4v) is 2.91. The molecule has 8 heteroatoms. The van der Waals surface area contributed by atoms with Crippen LogP contribution in [0.3, 0.4) is 0 Å². The van der Waals surface area contributed by atoms with Crippen molar-refractivity contribution in [1.82, 2.24) is 20.4 Å². The third-order valence-electron chi connectivity index (χ3n) is 4.64. The Hall–Kier alpha value is -1.74. The highest BCUT2D eigenvalue weighted by atomic mass is 32.1. The van der Waals surface area contributed by atoms with Crippen molar-refractivity contribution in [3.05, 3.63) is 29.8 Å². The van der Waals surface area contributed by atoms with Crippen LogP contribution >= 0.6 is 12.2 Å². The molecule has 0 aliphatic rings. The van der Waals surface area contributed by atoms with Gasteiger partial charge in [0.05, 0.1) is 6.54 Å². The summed E-state index contributed by atoms with van der Waals surface area (Å²) < 4.78 is 0. The number of hydrogen-bond donors (Lipinski definition) is 4. The summed E-state index contributed by atoms with van der Waals surface area (Å²) >= 11 is 5.24. The van der Waals surface area contributed by atoms with E-state index in [0.29, 0.717) is 5.11 Å². The topological polar surface area (TPSA) is 79.9 Å². The predicted octanol–water partition coefficient (Wildman–Crippen LogP) is 2.88. The Kier molecular flexibility index (Phi) is 17.9. The molecule has 1 rings (SSSR count). The lowest BCUT2D eigenvalue weighted by molar-refractivity contribution is -0.138. The lowest BCUT2D eigenvalue weighted by atomic mass is 10.1. The second kappa shape index (κ2) is 19.0. The summed E-state index contributed by atoms with van der Waals surface area (Å²) in [7, 11) is 2.05. The molecule has 0 saturated carbocycles. The number of rotatable bonds is 15. The van der Waals surface area contributed by atoms with Crippen molar-refractivity contribution in [1.29, 1.82) is 0 Å². The number of nitrogens with one attached hydrogen (secondary N) is 3. The van der Waals surface area contributed by atoms with Crippen molar-refractivity contribution in [2.24, 2.45) is 0 Å². The number of anilines is 1. The molecule has 0 amide bonds. The Morgan fingerprint density at radius 1 is 1.03 bits per heavy atom. The van der Waals surface area contributed by atoms with Crippen LogP contribution < -0.4 is 16.0 Å². The van der Waals surface area contributed by atoms with Gasteiger partial charge < -0.3 is 26.0 Å². The molecule has 0 aromatic heterocycles. The first kappa shape index (κ1) is 29.3. The summed E-state index contributed by atoms with van der Waals surface area (Å²) in [5.74, 6) is -0.776. The first-order chi connectivity index (χ1) is 14.9. The highest BCUT2D eigenvalue weighted by Gasteiger charge is 2.10. The van der Waals surface area contributed by atoms with Crippen molar-refractivity contribution < 1.29 is 9.90 Å². The van der Waals surface area contributed by atoms with E-state index in [2.05, 4.69) is 46.8 Å². The second-order valence-electron chi connectivity index (χ2n) is 7.14. The van der Waals surface area contributed by atoms with E-state index >= 15 is 0 Å². The fourth-order valence-electron chi connectivity index (χ4n) is 2.69. The van der Waals surface area contributed by atoms with E-state index < -0.39 is 5.97 Å². The van der Waals surface area contributed by atoms with Crippen molar-refractivity contribution in [2.75, 3.05) is 64.7 Å². The minimum Gasteiger partial charge on any atom is -0.480 e. The third kappa shape index (κ3) is 15.7. The fraction of sp³-hybridized carbons (Fsp3) is 0.652. The summed E-state index contributed by atoms with van der Waals surface area (Å²) in [6, 6.07) is 8.27. The Bertz CT molecular complexity index is 598. The van der Waals surface area contributed by atoms with Crippen LogP contribution in [0.25, 0.3) is 0 Å². The Labute approximate surface area is 194 Å². The summed E-state index contributed by atoms with van der Waals surface area (Å²) in [4.78, 5) is 15.2. The van der Waals surface area contributed by atoms with Gasteiger partial charge in [-0.1, -0.05) is 39.8 Å². The summed E-state index contributed by atoms with van der Waals surface area (Å²) in [5, 5.41) is 19.5. The van der Waals surface area contributed by atoms with Gasteiger partial charge in [0.25, 0.3) is 0 Å². The van der Waals surface area contributed by atoms with E-state index in [1.165, 1.54) is 5.56 Å². The normalized spacial score (nSPS) is 10.5.